The van der Waals surface area contributed by atoms with E-state index in [2.05, 4.69) is 15.3 Å². The first-order valence-electron chi connectivity index (χ1n) is 6.82. The normalized spacial score (nSPS) is 12.7. The van der Waals surface area contributed by atoms with Gasteiger partial charge in [-0.15, -0.1) is 0 Å². The summed E-state index contributed by atoms with van der Waals surface area (Å²) in [5.41, 5.74) is 3.02. The Morgan fingerprint density at radius 2 is 1.90 bits per heavy atom. The van der Waals surface area contributed by atoms with Gasteiger partial charge in [0.05, 0.1) is 11.0 Å². The van der Waals surface area contributed by atoms with Crippen LogP contribution in [0.4, 0.5) is 4.39 Å². The van der Waals surface area contributed by atoms with E-state index < -0.39 is 0 Å². The molecule has 0 aliphatic carbocycles. The van der Waals surface area contributed by atoms with E-state index in [9.17, 15) is 9.18 Å². The zero-order valence-corrected chi connectivity index (χ0v) is 11.6. The van der Waals surface area contributed by atoms with Crippen molar-refractivity contribution in [3.63, 3.8) is 0 Å². The lowest BCUT2D eigenvalue weighted by Gasteiger charge is -2.14. The lowest BCUT2D eigenvalue weighted by molar-refractivity contribution is 0.544. The maximum absolute atomic E-state index is 13.6. The first-order valence-corrected chi connectivity index (χ1v) is 6.82. The quantitative estimate of drug-likeness (QED) is 0.690. The number of imidazole rings is 1. The van der Waals surface area contributed by atoms with E-state index in [1.54, 1.807) is 12.1 Å². The van der Waals surface area contributed by atoms with E-state index in [0.29, 0.717) is 12.1 Å². The summed E-state index contributed by atoms with van der Waals surface area (Å²) in [5, 5.41) is 3.29. The summed E-state index contributed by atoms with van der Waals surface area (Å²) in [5.74, 6) is -0.206. The molecule has 21 heavy (non-hydrogen) atoms. The standard InChI is InChI=1S/C16H16FN3O/c1-10(18-9-12-4-2-3-5-13(12)17)11-6-7-14-15(8-11)20-16(21)19-14/h2-8,10,18H,9H2,1H3,(H2,19,20,21). The third-order valence-electron chi connectivity index (χ3n) is 3.60. The fourth-order valence-electron chi connectivity index (χ4n) is 2.34. The van der Waals surface area contributed by atoms with Gasteiger partial charge in [0, 0.05) is 18.2 Å². The van der Waals surface area contributed by atoms with E-state index in [4.69, 9.17) is 0 Å². The number of fused-ring (bicyclic) bond motifs is 1. The number of halogens is 1. The number of rotatable bonds is 4. The molecule has 2 aromatic carbocycles. The van der Waals surface area contributed by atoms with Crippen molar-refractivity contribution in [3.8, 4) is 0 Å². The predicted octanol–water partition coefficient (Wildman–Crippen LogP) is 2.85. The van der Waals surface area contributed by atoms with Gasteiger partial charge in [0.15, 0.2) is 0 Å². The minimum Gasteiger partial charge on any atom is -0.306 e. The van der Waals surface area contributed by atoms with Crippen molar-refractivity contribution in [1.82, 2.24) is 15.3 Å². The van der Waals surface area contributed by atoms with E-state index in [0.717, 1.165) is 16.6 Å². The topological polar surface area (TPSA) is 60.7 Å². The molecule has 0 amide bonds. The Bertz CT molecular complexity index is 822. The van der Waals surface area contributed by atoms with Gasteiger partial charge in [-0.1, -0.05) is 24.3 Å². The van der Waals surface area contributed by atoms with Gasteiger partial charge in [-0.25, -0.2) is 9.18 Å². The van der Waals surface area contributed by atoms with Gasteiger partial charge in [-0.3, -0.25) is 0 Å². The van der Waals surface area contributed by atoms with Crippen molar-refractivity contribution in [3.05, 3.63) is 69.9 Å². The third-order valence-corrected chi connectivity index (χ3v) is 3.60. The summed E-state index contributed by atoms with van der Waals surface area (Å²) in [7, 11) is 0. The SMILES string of the molecule is CC(NCc1ccccc1F)c1ccc2[nH]c(=O)[nH]c2c1. The van der Waals surface area contributed by atoms with Crippen molar-refractivity contribution >= 4 is 11.0 Å². The van der Waals surface area contributed by atoms with Crippen LogP contribution in [0.25, 0.3) is 11.0 Å². The third kappa shape index (κ3) is 2.87. The van der Waals surface area contributed by atoms with Crippen molar-refractivity contribution in [2.24, 2.45) is 0 Å². The number of benzene rings is 2. The lowest BCUT2D eigenvalue weighted by Crippen LogP contribution is -2.18. The smallest absolute Gasteiger partial charge is 0.306 e. The van der Waals surface area contributed by atoms with Crippen LogP contribution in [0.5, 0.6) is 0 Å². The van der Waals surface area contributed by atoms with Crippen LogP contribution in [-0.4, -0.2) is 9.97 Å². The Kier molecular flexibility index (Phi) is 3.58. The average Bonchev–Trinajstić information content (AvgIpc) is 2.85. The van der Waals surface area contributed by atoms with Crippen LogP contribution in [0.1, 0.15) is 24.1 Å². The lowest BCUT2D eigenvalue weighted by atomic mass is 10.1. The first kappa shape index (κ1) is 13.6. The van der Waals surface area contributed by atoms with Crippen molar-refractivity contribution in [1.29, 1.82) is 0 Å². The number of aromatic nitrogens is 2. The average molecular weight is 285 g/mol. The van der Waals surface area contributed by atoms with Crippen LogP contribution >= 0.6 is 0 Å². The van der Waals surface area contributed by atoms with Crippen LogP contribution in [0.2, 0.25) is 0 Å². The Morgan fingerprint density at radius 1 is 1.14 bits per heavy atom. The van der Waals surface area contributed by atoms with Gasteiger partial charge in [0.25, 0.3) is 0 Å². The highest BCUT2D eigenvalue weighted by Crippen LogP contribution is 2.18. The second kappa shape index (κ2) is 5.54. The van der Waals surface area contributed by atoms with E-state index in [1.165, 1.54) is 6.07 Å². The Labute approximate surface area is 121 Å². The molecule has 1 atom stereocenters. The van der Waals surface area contributed by atoms with Crippen LogP contribution in [-0.2, 0) is 6.54 Å². The molecule has 0 spiro atoms. The molecule has 3 N–H and O–H groups in total. The molecular formula is C16H16FN3O. The Balaban J connectivity index is 1.76. The second-order valence-corrected chi connectivity index (χ2v) is 5.08. The zero-order valence-electron chi connectivity index (χ0n) is 11.6. The predicted molar refractivity (Wildman–Crippen MR) is 80.6 cm³/mol. The molecule has 5 heteroatoms. The van der Waals surface area contributed by atoms with Crippen molar-refractivity contribution in [2.45, 2.75) is 19.5 Å². The minimum absolute atomic E-state index is 0.0485. The van der Waals surface area contributed by atoms with Gasteiger partial charge >= 0.3 is 5.69 Å². The Morgan fingerprint density at radius 3 is 2.71 bits per heavy atom. The number of hydrogen-bond acceptors (Lipinski definition) is 2. The van der Waals surface area contributed by atoms with E-state index in [1.807, 2.05) is 31.2 Å². The maximum Gasteiger partial charge on any atom is 0.323 e. The molecule has 3 rings (SSSR count). The number of nitrogens with one attached hydrogen (secondary N) is 3. The van der Waals surface area contributed by atoms with Crippen molar-refractivity contribution in [2.75, 3.05) is 0 Å². The highest BCUT2D eigenvalue weighted by molar-refractivity contribution is 5.75. The highest BCUT2D eigenvalue weighted by atomic mass is 19.1. The number of aromatic amines is 2. The summed E-state index contributed by atoms with van der Waals surface area (Å²) in [4.78, 5) is 16.7. The van der Waals surface area contributed by atoms with Gasteiger partial charge < -0.3 is 15.3 Å². The summed E-state index contributed by atoms with van der Waals surface area (Å²) < 4.78 is 13.6. The summed E-state index contributed by atoms with van der Waals surface area (Å²) in [6.45, 7) is 2.46. The fraction of sp³-hybridized carbons (Fsp3) is 0.188. The molecule has 1 unspecified atom stereocenters. The molecule has 1 heterocycles. The molecule has 0 aliphatic heterocycles. The first-order chi connectivity index (χ1) is 10.1. The van der Waals surface area contributed by atoms with E-state index >= 15 is 0 Å². The Hall–Kier alpha value is -2.40. The van der Waals surface area contributed by atoms with Crippen LogP contribution in [0.3, 0.4) is 0 Å². The van der Waals surface area contributed by atoms with Gasteiger partial charge in [0.2, 0.25) is 0 Å². The van der Waals surface area contributed by atoms with Gasteiger partial charge in [-0.05, 0) is 30.7 Å². The molecule has 0 saturated heterocycles. The van der Waals surface area contributed by atoms with E-state index in [-0.39, 0.29) is 17.5 Å². The molecule has 3 aromatic rings. The van der Waals surface area contributed by atoms with Crippen LogP contribution in [0, 0.1) is 5.82 Å². The number of hydrogen-bond donors (Lipinski definition) is 3. The maximum atomic E-state index is 13.6. The number of H-pyrrole nitrogens is 2. The summed E-state index contributed by atoms with van der Waals surface area (Å²) in [6, 6.07) is 12.5. The largest absolute Gasteiger partial charge is 0.323 e. The van der Waals surface area contributed by atoms with Crippen LogP contribution in [0.15, 0.2) is 47.3 Å². The highest BCUT2D eigenvalue weighted by Gasteiger charge is 2.08. The summed E-state index contributed by atoms with van der Waals surface area (Å²) in [6.07, 6.45) is 0. The molecule has 0 saturated carbocycles. The molecule has 4 nitrogen and oxygen atoms in total. The molecule has 0 aliphatic rings. The monoisotopic (exact) mass is 285 g/mol. The molecule has 1 aromatic heterocycles. The molecule has 108 valence electrons. The zero-order chi connectivity index (χ0) is 14.8. The van der Waals surface area contributed by atoms with Crippen molar-refractivity contribution < 1.29 is 4.39 Å². The molecule has 0 fully saturated rings. The van der Waals surface area contributed by atoms with Gasteiger partial charge in [0.1, 0.15) is 5.82 Å². The van der Waals surface area contributed by atoms with Gasteiger partial charge in [-0.2, -0.15) is 0 Å². The summed E-state index contributed by atoms with van der Waals surface area (Å²) >= 11 is 0. The fourth-order valence-corrected chi connectivity index (χ4v) is 2.34. The van der Waals surface area contributed by atoms with Crippen LogP contribution < -0.4 is 11.0 Å². The second-order valence-electron chi connectivity index (χ2n) is 5.08. The molecule has 0 radical (unpaired) electrons. The molecule has 0 bridgehead atoms. The minimum atomic E-state index is -0.214. The molecular weight excluding hydrogens is 269 g/mol.